The number of rotatable bonds is 6. The molecule has 0 saturated heterocycles. The van der Waals surface area contributed by atoms with Gasteiger partial charge >= 0.3 is 0 Å². The average molecular weight is 375 g/mol. The van der Waals surface area contributed by atoms with Crippen LogP contribution in [-0.2, 0) is 14.8 Å². The van der Waals surface area contributed by atoms with E-state index in [1.807, 2.05) is 39.0 Å². The van der Waals surface area contributed by atoms with Crippen LogP contribution in [0.4, 0.5) is 5.69 Å². The zero-order valence-corrected chi connectivity index (χ0v) is 16.7. The predicted octanol–water partition coefficient (Wildman–Crippen LogP) is 3.34. The Bertz CT molecular complexity index is 879. The normalized spacial score (nSPS) is 13.7. The number of nitrogens with one attached hydrogen (secondary N) is 1. The van der Waals surface area contributed by atoms with Crippen molar-refractivity contribution in [2.75, 3.05) is 10.6 Å². The minimum Gasteiger partial charge on any atom is -0.348 e. The summed E-state index contributed by atoms with van der Waals surface area (Å²) >= 11 is 0. The lowest BCUT2D eigenvalue weighted by atomic mass is 10.0. The van der Waals surface area contributed by atoms with Gasteiger partial charge in [0.2, 0.25) is 15.9 Å². The molecule has 2 atom stereocenters. The highest BCUT2D eigenvalue weighted by molar-refractivity contribution is 7.92. The number of nitrogens with zero attached hydrogens (tertiary/aromatic N) is 1. The number of sulfonamides is 1. The average Bonchev–Trinajstić information content (AvgIpc) is 2.57. The fraction of sp³-hybridized carbons (Fsp3) is 0.350. The van der Waals surface area contributed by atoms with Crippen molar-refractivity contribution in [3.8, 4) is 0 Å². The Morgan fingerprint density at radius 2 is 1.62 bits per heavy atom. The first-order chi connectivity index (χ1) is 12.1. The van der Waals surface area contributed by atoms with Gasteiger partial charge in [0.25, 0.3) is 0 Å². The van der Waals surface area contributed by atoms with Crippen molar-refractivity contribution < 1.29 is 13.2 Å². The smallest absolute Gasteiger partial charge is 0.244 e. The van der Waals surface area contributed by atoms with Crippen LogP contribution >= 0.6 is 0 Å². The molecule has 0 aromatic heterocycles. The standard InChI is InChI=1S/C20H26N2O3S/c1-14-11-12-18(13-15(14)2)16(3)21-20(23)17(4)22(26(5,24)25)19-9-7-6-8-10-19/h6-13,16-17H,1-5H3,(H,21,23)/t16-,17-/m0/s1. The first-order valence-electron chi connectivity index (χ1n) is 8.53. The molecule has 26 heavy (non-hydrogen) atoms. The first kappa shape index (κ1) is 20.0. The fourth-order valence-electron chi connectivity index (χ4n) is 2.83. The van der Waals surface area contributed by atoms with Crippen molar-refractivity contribution in [2.45, 2.75) is 39.8 Å². The number of amides is 1. The lowest BCUT2D eigenvalue weighted by Gasteiger charge is -2.29. The summed E-state index contributed by atoms with van der Waals surface area (Å²) in [5.41, 5.74) is 3.79. The molecule has 0 bridgehead atoms. The highest BCUT2D eigenvalue weighted by atomic mass is 32.2. The molecule has 0 fully saturated rings. The van der Waals surface area contributed by atoms with Crippen molar-refractivity contribution in [1.82, 2.24) is 5.32 Å². The van der Waals surface area contributed by atoms with Gasteiger partial charge in [-0.3, -0.25) is 9.10 Å². The first-order valence-corrected chi connectivity index (χ1v) is 10.4. The van der Waals surface area contributed by atoms with Gasteiger partial charge in [0.15, 0.2) is 0 Å². The summed E-state index contributed by atoms with van der Waals surface area (Å²) in [6, 6.07) is 13.6. The third-order valence-corrected chi connectivity index (χ3v) is 5.73. The zero-order chi connectivity index (χ0) is 19.5. The molecule has 0 heterocycles. The molecule has 0 spiro atoms. The molecule has 0 aliphatic heterocycles. The van der Waals surface area contributed by atoms with Gasteiger partial charge in [-0.05, 0) is 56.5 Å². The zero-order valence-electron chi connectivity index (χ0n) is 15.9. The monoisotopic (exact) mass is 374 g/mol. The molecule has 140 valence electrons. The Morgan fingerprint density at radius 1 is 1.00 bits per heavy atom. The number of aryl methyl sites for hydroxylation is 2. The molecule has 2 aromatic rings. The molecule has 1 N–H and O–H groups in total. The summed E-state index contributed by atoms with van der Waals surface area (Å²) in [5.74, 6) is -0.343. The summed E-state index contributed by atoms with van der Waals surface area (Å²) in [4.78, 5) is 12.7. The second kappa shape index (κ2) is 7.91. The Kier molecular flexibility index (Phi) is 6.08. The molecule has 1 amide bonds. The van der Waals surface area contributed by atoms with Gasteiger partial charge in [-0.15, -0.1) is 0 Å². The minimum atomic E-state index is -3.60. The van der Waals surface area contributed by atoms with Crippen molar-refractivity contribution in [2.24, 2.45) is 0 Å². The van der Waals surface area contributed by atoms with Gasteiger partial charge in [-0.2, -0.15) is 0 Å². The Labute approximate surface area is 156 Å². The second-order valence-electron chi connectivity index (χ2n) is 6.64. The largest absolute Gasteiger partial charge is 0.348 e. The molecule has 0 radical (unpaired) electrons. The van der Waals surface area contributed by atoms with E-state index in [-0.39, 0.29) is 11.9 Å². The van der Waals surface area contributed by atoms with Crippen molar-refractivity contribution in [3.05, 3.63) is 65.2 Å². The second-order valence-corrected chi connectivity index (χ2v) is 8.50. The van der Waals surface area contributed by atoms with Gasteiger partial charge in [-0.1, -0.05) is 36.4 Å². The van der Waals surface area contributed by atoms with Crippen molar-refractivity contribution in [1.29, 1.82) is 0 Å². The fourth-order valence-corrected chi connectivity index (χ4v) is 4.01. The maximum atomic E-state index is 12.7. The Hall–Kier alpha value is -2.34. The summed E-state index contributed by atoms with van der Waals surface area (Å²) in [6.45, 7) is 7.55. The lowest BCUT2D eigenvalue weighted by Crippen LogP contribution is -2.48. The highest BCUT2D eigenvalue weighted by Crippen LogP contribution is 2.21. The van der Waals surface area contributed by atoms with E-state index in [1.165, 1.54) is 5.56 Å². The lowest BCUT2D eigenvalue weighted by molar-refractivity contribution is -0.122. The maximum Gasteiger partial charge on any atom is 0.244 e. The molecular formula is C20H26N2O3S. The Balaban J connectivity index is 2.22. The molecule has 5 nitrogen and oxygen atoms in total. The third-order valence-electron chi connectivity index (χ3n) is 4.49. The van der Waals surface area contributed by atoms with Crippen LogP contribution in [0.15, 0.2) is 48.5 Å². The van der Waals surface area contributed by atoms with Crippen LogP contribution in [0.3, 0.4) is 0 Å². The van der Waals surface area contributed by atoms with Gasteiger partial charge in [-0.25, -0.2) is 8.42 Å². The molecule has 0 saturated carbocycles. The summed E-state index contributed by atoms with van der Waals surface area (Å²) < 4.78 is 25.7. The number of carbonyl (C=O) groups is 1. The molecule has 2 aromatic carbocycles. The molecule has 0 unspecified atom stereocenters. The van der Waals surface area contributed by atoms with Gasteiger partial charge in [0.05, 0.1) is 18.0 Å². The molecule has 6 heteroatoms. The van der Waals surface area contributed by atoms with Crippen LogP contribution in [-0.4, -0.2) is 26.6 Å². The van der Waals surface area contributed by atoms with Crippen LogP contribution in [0.1, 0.15) is 36.6 Å². The van der Waals surface area contributed by atoms with Crippen LogP contribution in [0.2, 0.25) is 0 Å². The highest BCUT2D eigenvalue weighted by Gasteiger charge is 2.29. The number of para-hydroxylation sites is 1. The topological polar surface area (TPSA) is 66.5 Å². The SMILES string of the molecule is Cc1ccc([C@H](C)NC(=O)[C@H](C)N(c2ccccc2)S(C)(=O)=O)cc1C. The van der Waals surface area contributed by atoms with E-state index in [1.54, 1.807) is 37.3 Å². The van der Waals surface area contributed by atoms with E-state index in [0.29, 0.717) is 5.69 Å². The van der Waals surface area contributed by atoms with E-state index in [9.17, 15) is 13.2 Å². The summed E-state index contributed by atoms with van der Waals surface area (Å²) in [6.07, 6.45) is 1.11. The molecule has 0 aliphatic rings. The van der Waals surface area contributed by atoms with E-state index in [2.05, 4.69) is 5.32 Å². The summed E-state index contributed by atoms with van der Waals surface area (Å²) in [7, 11) is -3.60. The van der Waals surface area contributed by atoms with Crippen LogP contribution < -0.4 is 9.62 Å². The van der Waals surface area contributed by atoms with Gasteiger partial charge in [0.1, 0.15) is 6.04 Å². The third kappa shape index (κ3) is 4.64. The van der Waals surface area contributed by atoms with E-state index < -0.39 is 16.1 Å². The number of benzene rings is 2. The quantitative estimate of drug-likeness (QED) is 0.843. The van der Waals surface area contributed by atoms with Gasteiger partial charge in [0, 0.05) is 0 Å². The predicted molar refractivity (Wildman–Crippen MR) is 106 cm³/mol. The number of carbonyl (C=O) groups excluding carboxylic acids is 1. The van der Waals surface area contributed by atoms with E-state index in [0.717, 1.165) is 21.7 Å². The molecule has 2 rings (SSSR count). The minimum absolute atomic E-state index is 0.221. The van der Waals surface area contributed by atoms with E-state index >= 15 is 0 Å². The molecule has 0 aliphatic carbocycles. The molecular weight excluding hydrogens is 348 g/mol. The van der Waals surface area contributed by atoms with E-state index in [4.69, 9.17) is 0 Å². The van der Waals surface area contributed by atoms with Crippen molar-refractivity contribution in [3.63, 3.8) is 0 Å². The Morgan fingerprint density at radius 3 is 2.15 bits per heavy atom. The van der Waals surface area contributed by atoms with Crippen LogP contribution in [0.5, 0.6) is 0 Å². The number of hydrogen-bond donors (Lipinski definition) is 1. The summed E-state index contributed by atoms with van der Waals surface area (Å²) in [5, 5.41) is 2.92. The van der Waals surface area contributed by atoms with Crippen molar-refractivity contribution >= 4 is 21.6 Å². The maximum absolute atomic E-state index is 12.7. The van der Waals surface area contributed by atoms with Gasteiger partial charge < -0.3 is 5.32 Å². The van der Waals surface area contributed by atoms with Crippen LogP contribution in [0, 0.1) is 13.8 Å². The number of anilines is 1. The van der Waals surface area contributed by atoms with Crippen LogP contribution in [0.25, 0.3) is 0 Å². The number of hydrogen-bond acceptors (Lipinski definition) is 3.